The third kappa shape index (κ3) is 3.76. The van der Waals surface area contributed by atoms with Crippen LogP contribution in [0.4, 0.5) is 19.0 Å². The minimum absolute atomic E-state index is 0.182. The highest BCUT2D eigenvalue weighted by Crippen LogP contribution is 2.26. The van der Waals surface area contributed by atoms with Crippen LogP contribution < -0.4 is 10.1 Å². The molecule has 0 amide bonds. The molecule has 0 saturated carbocycles. The number of fused-ring (bicyclic) bond motifs is 1. The number of benzene rings is 1. The van der Waals surface area contributed by atoms with Crippen molar-refractivity contribution in [3.05, 3.63) is 54.0 Å². The number of nitrogens with zero attached hydrogens (tertiary/aromatic N) is 3. The van der Waals surface area contributed by atoms with Crippen molar-refractivity contribution >= 4 is 11.3 Å². The van der Waals surface area contributed by atoms with Gasteiger partial charge in [-0.2, -0.15) is 5.10 Å². The molecule has 126 valence electrons. The van der Waals surface area contributed by atoms with Crippen LogP contribution in [0, 0.1) is 6.92 Å². The number of hydrogen-bond donors (Lipinski definition) is 1. The van der Waals surface area contributed by atoms with E-state index in [1.165, 1.54) is 12.1 Å². The Hall–Kier alpha value is -2.77. The fraction of sp³-hybridized carbons (Fsp3) is 0.250. The second-order valence-electron chi connectivity index (χ2n) is 5.22. The average Bonchev–Trinajstić information content (AvgIpc) is 2.88. The summed E-state index contributed by atoms with van der Waals surface area (Å²) in [6.07, 6.45) is -0.990. The lowest BCUT2D eigenvalue weighted by molar-refractivity contribution is -0.274. The highest BCUT2D eigenvalue weighted by molar-refractivity contribution is 5.67. The molecule has 0 aliphatic carbocycles. The summed E-state index contributed by atoms with van der Waals surface area (Å²) in [6.45, 7) is 2.29. The molecule has 0 spiro atoms. The zero-order valence-corrected chi connectivity index (χ0v) is 12.8. The van der Waals surface area contributed by atoms with Gasteiger partial charge < -0.3 is 10.1 Å². The van der Waals surface area contributed by atoms with Gasteiger partial charge in [-0.3, -0.25) is 0 Å². The van der Waals surface area contributed by atoms with Crippen molar-refractivity contribution in [1.29, 1.82) is 0 Å². The van der Waals surface area contributed by atoms with Crippen LogP contribution in [-0.4, -0.2) is 27.5 Å². The maximum absolute atomic E-state index is 12.4. The van der Waals surface area contributed by atoms with E-state index in [1.54, 1.807) is 29.0 Å². The molecule has 0 unspecified atom stereocenters. The maximum atomic E-state index is 12.4. The van der Waals surface area contributed by atoms with Gasteiger partial charge in [0.25, 0.3) is 0 Å². The SMILES string of the molecule is Cc1cc2c(NCCc3ccccc3OC(F)(F)F)nccn2n1. The summed E-state index contributed by atoms with van der Waals surface area (Å²) in [5.41, 5.74) is 2.14. The first-order valence-electron chi connectivity index (χ1n) is 7.31. The molecule has 0 atom stereocenters. The zero-order valence-electron chi connectivity index (χ0n) is 12.8. The van der Waals surface area contributed by atoms with Crippen LogP contribution in [0.3, 0.4) is 0 Å². The molecule has 0 aliphatic heterocycles. The summed E-state index contributed by atoms with van der Waals surface area (Å²) < 4.78 is 43.0. The van der Waals surface area contributed by atoms with Crippen LogP contribution in [0.1, 0.15) is 11.3 Å². The van der Waals surface area contributed by atoms with Crippen LogP contribution in [0.5, 0.6) is 5.75 Å². The Kier molecular flexibility index (Phi) is 4.28. The van der Waals surface area contributed by atoms with Gasteiger partial charge in [0.1, 0.15) is 11.3 Å². The van der Waals surface area contributed by atoms with E-state index in [9.17, 15) is 13.2 Å². The lowest BCUT2D eigenvalue weighted by Crippen LogP contribution is -2.18. The molecular weight excluding hydrogens is 321 g/mol. The van der Waals surface area contributed by atoms with Crippen molar-refractivity contribution in [2.24, 2.45) is 0 Å². The largest absolute Gasteiger partial charge is 0.573 e. The second kappa shape index (κ2) is 6.38. The Labute approximate surface area is 136 Å². The number of ether oxygens (including phenoxy) is 1. The van der Waals surface area contributed by atoms with Crippen molar-refractivity contribution in [3.63, 3.8) is 0 Å². The fourth-order valence-corrected chi connectivity index (χ4v) is 2.43. The lowest BCUT2D eigenvalue weighted by atomic mass is 10.1. The van der Waals surface area contributed by atoms with Crippen LogP contribution in [0.2, 0.25) is 0 Å². The number of halogens is 3. The predicted molar refractivity (Wildman–Crippen MR) is 83.0 cm³/mol. The molecule has 1 aromatic carbocycles. The third-order valence-corrected chi connectivity index (χ3v) is 3.40. The first kappa shape index (κ1) is 16.1. The minimum Gasteiger partial charge on any atom is -0.406 e. The first-order chi connectivity index (χ1) is 11.4. The Morgan fingerprint density at radius 1 is 1.25 bits per heavy atom. The van der Waals surface area contributed by atoms with Crippen LogP contribution in [-0.2, 0) is 6.42 Å². The van der Waals surface area contributed by atoms with Gasteiger partial charge in [-0.25, -0.2) is 9.50 Å². The molecule has 0 bridgehead atoms. The average molecular weight is 336 g/mol. The van der Waals surface area contributed by atoms with Gasteiger partial charge in [0, 0.05) is 18.9 Å². The van der Waals surface area contributed by atoms with Gasteiger partial charge in [0.15, 0.2) is 5.82 Å². The van der Waals surface area contributed by atoms with Crippen molar-refractivity contribution in [2.75, 3.05) is 11.9 Å². The molecular formula is C16H15F3N4O. The fourth-order valence-electron chi connectivity index (χ4n) is 2.43. The molecule has 8 heteroatoms. The van der Waals surface area contributed by atoms with E-state index in [0.717, 1.165) is 11.2 Å². The standard InChI is InChI=1S/C16H15F3N4O/c1-11-10-13-15(21-8-9-23(13)22-11)20-7-6-12-4-2-3-5-14(12)24-16(17,18)19/h2-5,8-10H,6-7H2,1H3,(H,20,21). The third-order valence-electron chi connectivity index (χ3n) is 3.40. The van der Waals surface area contributed by atoms with E-state index in [1.807, 2.05) is 13.0 Å². The quantitative estimate of drug-likeness (QED) is 0.774. The van der Waals surface area contributed by atoms with E-state index in [-0.39, 0.29) is 5.75 Å². The molecule has 5 nitrogen and oxygen atoms in total. The van der Waals surface area contributed by atoms with Crippen LogP contribution >= 0.6 is 0 Å². The number of aryl methyl sites for hydroxylation is 1. The van der Waals surface area contributed by atoms with Gasteiger partial charge in [0.2, 0.25) is 0 Å². The van der Waals surface area contributed by atoms with E-state index in [0.29, 0.717) is 24.3 Å². The highest BCUT2D eigenvalue weighted by atomic mass is 19.4. The van der Waals surface area contributed by atoms with Gasteiger partial charge in [-0.05, 0) is 31.0 Å². The topological polar surface area (TPSA) is 51.5 Å². The smallest absolute Gasteiger partial charge is 0.406 e. The van der Waals surface area contributed by atoms with E-state index in [2.05, 4.69) is 20.1 Å². The molecule has 3 aromatic rings. The number of hydrogen-bond acceptors (Lipinski definition) is 4. The summed E-state index contributed by atoms with van der Waals surface area (Å²) >= 11 is 0. The molecule has 0 aliphatic rings. The Morgan fingerprint density at radius 3 is 2.83 bits per heavy atom. The molecule has 0 radical (unpaired) electrons. The van der Waals surface area contributed by atoms with Crippen molar-refractivity contribution in [1.82, 2.24) is 14.6 Å². The second-order valence-corrected chi connectivity index (χ2v) is 5.22. The lowest BCUT2D eigenvalue weighted by Gasteiger charge is -2.13. The van der Waals surface area contributed by atoms with Crippen LogP contribution in [0.15, 0.2) is 42.7 Å². The van der Waals surface area contributed by atoms with E-state index >= 15 is 0 Å². The number of nitrogens with one attached hydrogen (secondary N) is 1. The minimum atomic E-state index is -4.70. The van der Waals surface area contributed by atoms with Gasteiger partial charge >= 0.3 is 6.36 Å². The Morgan fingerprint density at radius 2 is 2.04 bits per heavy atom. The molecule has 24 heavy (non-hydrogen) atoms. The summed E-state index contributed by atoms with van der Waals surface area (Å²) in [7, 11) is 0. The summed E-state index contributed by atoms with van der Waals surface area (Å²) in [6, 6.07) is 7.99. The monoisotopic (exact) mass is 336 g/mol. The number of alkyl halides is 3. The number of para-hydroxylation sites is 1. The molecule has 1 N–H and O–H groups in total. The van der Waals surface area contributed by atoms with Crippen LogP contribution in [0.25, 0.3) is 5.52 Å². The molecule has 3 rings (SSSR count). The van der Waals surface area contributed by atoms with Crippen molar-refractivity contribution in [3.8, 4) is 5.75 Å². The molecule has 0 fully saturated rings. The molecule has 2 heterocycles. The summed E-state index contributed by atoms with van der Waals surface area (Å²) in [5, 5.41) is 7.42. The first-order valence-corrected chi connectivity index (χ1v) is 7.31. The van der Waals surface area contributed by atoms with E-state index < -0.39 is 6.36 Å². The Balaban J connectivity index is 1.70. The van der Waals surface area contributed by atoms with Crippen molar-refractivity contribution < 1.29 is 17.9 Å². The summed E-state index contributed by atoms with van der Waals surface area (Å²) in [5.74, 6) is 0.450. The van der Waals surface area contributed by atoms with Crippen molar-refractivity contribution in [2.45, 2.75) is 19.7 Å². The Bertz CT molecular complexity index is 845. The number of aromatic nitrogens is 3. The van der Waals surface area contributed by atoms with Gasteiger partial charge in [-0.1, -0.05) is 18.2 Å². The highest BCUT2D eigenvalue weighted by Gasteiger charge is 2.31. The predicted octanol–water partition coefficient (Wildman–Crippen LogP) is 3.59. The number of rotatable bonds is 5. The number of anilines is 1. The van der Waals surface area contributed by atoms with Gasteiger partial charge in [0.05, 0.1) is 5.69 Å². The zero-order chi connectivity index (χ0) is 17.2. The normalized spacial score (nSPS) is 11.7. The maximum Gasteiger partial charge on any atom is 0.573 e. The van der Waals surface area contributed by atoms with E-state index in [4.69, 9.17) is 0 Å². The van der Waals surface area contributed by atoms with Gasteiger partial charge in [-0.15, -0.1) is 13.2 Å². The molecule has 0 saturated heterocycles. The molecule has 2 aromatic heterocycles. The summed E-state index contributed by atoms with van der Waals surface area (Å²) in [4.78, 5) is 4.25.